The molecule has 3 nitrogen and oxygen atoms in total. The highest BCUT2D eigenvalue weighted by molar-refractivity contribution is 7.99. The minimum absolute atomic E-state index is 0.141. The van der Waals surface area contributed by atoms with E-state index in [9.17, 15) is 4.79 Å². The minimum Gasteiger partial charge on any atom is -0.466 e. The lowest BCUT2D eigenvalue weighted by Gasteiger charge is -2.32. The van der Waals surface area contributed by atoms with E-state index < -0.39 is 0 Å². The zero-order chi connectivity index (χ0) is 22.3. The van der Waals surface area contributed by atoms with E-state index in [2.05, 4.69) is 44.7 Å². The van der Waals surface area contributed by atoms with Gasteiger partial charge in [-0.2, -0.15) is 0 Å². The quantitative estimate of drug-likeness (QED) is 0.262. The highest BCUT2D eigenvalue weighted by Gasteiger charge is 2.28. The van der Waals surface area contributed by atoms with Crippen molar-refractivity contribution >= 4 is 17.7 Å². The fraction of sp³-hybridized carbons (Fsp3) is 0.519. The molecule has 0 aliphatic carbocycles. The van der Waals surface area contributed by atoms with Gasteiger partial charge in [-0.05, 0) is 78.7 Å². The van der Waals surface area contributed by atoms with Gasteiger partial charge in [0.25, 0.3) is 0 Å². The molecule has 1 aromatic carbocycles. The van der Waals surface area contributed by atoms with Crippen LogP contribution >= 0.6 is 11.8 Å². The number of fused-ring (bicyclic) bond motifs is 1. The molecular weight excluding hydrogens is 404 g/mol. The molecule has 1 aromatic heterocycles. The molecule has 4 heteroatoms. The molecule has 0 radical (unpaired) electrons. The van der Waals surface area contributed by atoms with Gasteiger partial charge in [0, 0.05) is 10.5 Å². The van der Waals surface area contributed by atoms with E-state index in [0.29, 0.717) is 18.1 Å². The Morgan fingerprint density at radius 1 is 1.16 bits per heavy atom. The summed E-state index contributed by atoms with van der Waals surface area (Å²) in [6.45, 7) is 9.08. The summed E-state index contributed by atoms with van der Waals surface area (Å²) in [6, 6.07) is 8.33. The number of hydrogen-bond donors (Lipinski definition) is 0. The molecule has 166 valence electrons. The first-order valence-corrected chi connectivity index (χ1v) is 12.5. The topological polar surface area (TPSA) is 39.4 Å². The Morgan fingerprint density at radius 3 is 2.77 bits per heavy atom. The Bertz CT molecular complexity index is 959. The monoisotopic (exact) mass is 438 g/mol. The predicted molar refractivity (Wildman–Crippen MR) is 128 cm³/mol. The maximum absolute atomic E-state index is 11.7. The molecule has 0 unspecified atom stereocenters. The van der Waals surface area contributed by atoms with E-state index in [1.807, 2.05) is 17.8 Å². The van der Waals surface area contributed by atoms with Crippen LogP contribution in [-0.4, -0.2) is 18.3 Å². The van der Waals surface area contributed by atoms with Crippen LogP contribution in [0.5, 0.6) is 0 Å². The smallest absolute Gasteiger partial charge is 0.313 e. The van der Waals surface area contributed by atoms with Gasteiger partial charge in [0.1, 0.15) is 12.2 Å². The van der Waals surface area contributed by atoms with Gasteiger partial charge < -0.3 is 9.15 Å². The van der Waals surface area contributed by atoms with Crippen molar-refractivity contribution in [3.05, 3.63) is 52.5 Å². The minimum atomic E-state index is -0.278. The van der Waals surface area contributed by atoms with Crippen LogP contribution in [0.2, 0.25) is 0 Å². The first kappa shape index (κ1) is 23.5. The van der Waals surface area contributed by atoms with E-state index in [0.717, 1.165) is 12.0 Å². The molecule has 0 bridgehead atoms. The summed E-state index contributed by atoms with van der Waals surface area (Å²) < 4.78 is 10.7. The van der Waals surface area contributed by atoms with Crippen LogP contribution in [0.4, 0.5) is 0 Å². The average Bonchev–Trinajstić information content (AvgIpc) is 3.17. The summed E-state index contributed by atoms with van der Waals surface area (Å²) in [6.07, 6.45) is 7.36. The summed E-state index contributed by atoms with van der Waals surface area (Å²) in [4.78, 5) is 13.1. The van der Waals surface area contributed by atoms with E-state index in [4.69, 9.17) is 9.15 Å². The summed E-state index contributed by atoms with van der Waals surface area (Å²) in [5.74, 6) is 8.64. The zero-order valence-electron chi connectivity index (χ0n) is 19.3. The third kappa shape index (κ3) is 6.43. The number of ether oxygens (including phenoxy) is 1. The highest BCUT2D eigenvalue weighted by atomic mass is 32.2. The number of carbonyl (C=O) groups excluding carboxylic acids is 1. The van der Waals surface area contributed by atoms with Crippen molar-refractivity contribution < 1.29 is 13.9 Å². The largest absolute Gasteiger partial charge is 0.466 e. The number of unbranched alkanes of at least 4 members (excludes halogenated alkanes) is 3. The van der Waals surface area contributed by atoms with Crippen LogP contribution in [0, 0.1) is 11.8 Å². The third-order valence-electron chi connectivity index (χ3n) is 5.82. The van der Waals surface area contributed by atoms with Crippen LogP contribution in [0.1, 0.15) is 88.0 Å². The van der Waals surface area contributed by atoms with Gasteiger partial charge in [-0.3, -0.25) is 4.79 Å². The average molecular weight is 439 g/mol. The zero-order valence-corrected chi connectivity index (χ0v) is 20.1. The molecule has 0 saturated carbocycles. The Kier molecular flexibility index (Phi) is 8.32. The van der Waals surface area contributed by atoms with E-state index in [1.54, 1.807) is 13.0 Å². The Labute approximate surface area is 191 Å². The van der Waals surface area contributed by atoms with Crippen molar-refractivity contribution in [1.29, 1.82) is 0 Å². The second-order valence-electron chi connectivity index (χ2n) is 8.80. The molecule has 1 aliphatic rings. The van der Waals surface area contributed by atoms with Gasteiger partial charge in [-0.15, -0.1) is 11.8 Å². The highest BCUT2D eigenvalue weighted by Crippen LogP contribution is 2.42. The van der Waals surface area contributed by atoms with Gasteiger partial charge in [0.15, 0.2) is 5.76 Å². The second kappa shape index (κ2) is 11.0. The summed E-state index contributed by atoms with van der Waals surface area (Å²) in [5, 5.41) is 0. The van der Waals surface area contributed by atoms with Gasteiger partial charge in [-0.1, -0.05) is 46.0 Å². The Balaban J connectivity index is 1.85. The standard InChI is InChI=1S/C27H34O3S/c1-5-7-8-9-10-20-18-25-24(27(3,4)15-16-31-25)17-21(20)11-12-22-13-14-23(30-22)19-26(28)29-6-2/h13-14,17-18H,5-10,15-16,19H2,1-4H3. The normalized spacial score (nSPS) is 14.5. The number of aryl methyl sites for hydroxylation is 1. The van der Waals surface area contributed by atoms with E-state index in [-0.39, 0.29) is 17.8 Å². The van der Waals surface area contributed by atoms with Crippen molar-refractivity contribution in [2.24, 2.45) is 0 Å². The molecular formula is C27H34O3S. The summed E-state index contributed by atoms with van der Waals surface area (Å²) in [7, 11) is 0. The van der Waals surface area contributed by atoms with Crippen molar-refractivity contribution in [3.63, 3.8) is 0 Å². The SMILES string of the molecule is CCCCCCc1cc2c(cc1C#Cc1ccc(CC(=O)OCC)o1)C(C)(C)CCS2. The maximum Gasteiger partial charge on any atom is 0.313 e. The van der Waals surface area contributed by atoms with Gasteiger partial charge in [-0.25, -0.2) is 0 Å². The van der Waals surface area contributed by atoms with Gasteiger partial charge in [0.2, 0.25) is 0 Å². The number of benzene rings is 1. The molecule has 1 aliphatic heterocycles. The summed E-state index contributed by atoms with van der Waals surface area (Å²) >= 11 is 1.97. The molecule has 31 heavy (non-hydrogen) atoms. The fourth-order valence-electron chi connectivity index (χ4n) is 3.91. The lowest BCUT2D eigenvalue weighted by atomic mass is 9.80. The van der Waals surface area contributed by atoms with E-state index >= 15 is 0 Å². The number of thioether (sulfide) groups is 1. The molecule has 0 N–H and O–H groups in total. The Hall–Kier alpha value is -2.12. The van der Waals surface area contributed by atoms with Crippen LogP contribution < -0.4 is 0 Å². The first-order valence-electron chi connectivity index (χ1n) is 11.5. The van der Waals surface area contributed by atoms with Crippen LogP contribution in [-0.2, 0) is 27.8 Å². The number of hydrogen-bond acceptors (Lipinski definition) is 4. The van der Waals surface area contributed by atoms with Crippen LogP contribution in [0.3, 0.4) is 0 Å². The molecule has 0 atom stereocenters. The molecule has 3 rings (SSSR count). The van der Waals surface area contributed by atoms with Crippen molar-refractivity contribution in [2.75, 3.05) is 12.4 Å². The van der Waals surface area contributed by atoms with Gasteiger partial charge >= 0.3 is 5.97 Å². The van der Waals surface area contributed by atoms with Crippen molar-refractivity contribution in [3.8, 4) is 11.8 Å². The third-order valence-corrected chi connectivity index (χ3v) is 6.88. The Morgan fingerprint density at radius 2 is 2.00 bits per heavy atom. The van der Waals surface area contributed by atoms with Crippen molar-refractivity contribution in [1.82, 2.24) is 0 Å². The first-order chi connectivity index (χ1) is 14.9. The second-order valence-corrected chi connectivity index (χ2v) is 9.93. The maximum atomic E-state index is 11.7. The van der Waals surface area contributed by atoms with Gasteiger partial charge in [0.05, 0.1) is 6.61 Å². The molecule has 2 heterocycles. The molecule has 0 amide bonds. The number of carbonyl (C=O) groups is 1. The lowest BCUT2D eigenvalue weighted by Crippen LogP contribution is -2.23. The predicted octanol–water partition coefficient (Wildman–Crippen LogP) is 6.68. The van der Waals surface area contributed by atoms with Crippen LogP contribution in [0.15, 0.2) is 33.6 Å². The molecule has 0 saturated heterocycles. The fourth-order valence-corrected chi connectivity index (χ4v) is 5.46. The summed E-state index contributed by atoms with van der Waals surface area (Å²) in [5.41, 5.74) is 4.03. The van der Waals surface area contributed by atoms with E-state index in [1.165, 1.54) is 53.9 Å². The lowest BCUT2D eigenvalue weighted by molar-refractivity contribution is -0.142. The molecule has 0 spiro atoms. The van der Waals surface area contributed by atoms with Crippen LogP contribution in [0.25, 0.3) is 0 Å². The number of esters is 1. The molecule has 2 aromatic rings. The van der Waals surface area contributed by atoms with Crippen molar-refractivity contribution in [2.45, 2.75) is 83.0 Å². The molecule has 0 fully saturated rings. The number of furan rings is 1. The number of rotatable bonds is 8.